The average molecular weight is 1330 g/mol. The van der Waals surface area contributed by atoms with Gasteiger partial charge >= 0.3 is 7.12 Å². The van der Waals surface area contributed by atoms with E-state index in [0.29, 0.717) is 59.6 Å². The van der Waals surface area contributed by atoms with E-state index in [1.54, 1.807) is 20.4 Å². The van der Waals surface area contributed by atoms with Crippen molar-refractivity contribution in [2.75, 3.05) is 65.3 Å². The van der Waals surface area contributed by atoms with Crippen LogP contribution in [0.1, 0.15) is 170 Å². The number of methoxy groups -OCH3 is 2. The van der Waals surface area contributed by atoms with E-state index in [2.05, 4.69) is 120 Å². The van der Waals surface area contributed by atoms with Crippen molar-refractivity contribution in [1.82, 2.24) is 40.4 Å². The van der Waals surface area contributed by atoms with Crippen molar-refractivity contribution in [2.45, 2.75) is 196 Å². The number of hydrogen-bond acceptors (Lipinski definition) is 14. The van der Waals surface area contributed by atoms with Crippen molar-refractivity contribution in [3.8, 4) is 11.1 Å². The Morgan fingerprint density at radius 1 is 0.587 bits per heavy atom. The Kier molecular flexibility index (Phi) is 25.8. The van der Waals surface area contributed by atoms with E-state index in [1.165, 1.54) is 12.8 Å². The van der Waals surface area contributed by atoms with Crippen molar-refractivity contribution < 1.29 is 28.4 Å². The van der Waals surface area contributed by atoms with Crippen LogP contribution in [-0.4, -0.2) is 140 Å². The number of carbonyl (C=O) groups is 2. The Morgan fingerprint density at radius 2 is 1.00 bits per heavy atom. The molecular weight excluding hydrogens is 1220 g/mol. The SMILES string of the molecule is CCN(c1cc(-c2ccc(COC)nc2)cc(C(=O)NCc2c(C)cc(C)[nH]c2=O)c1C)C1CCC(N(C)C)CC1.CCN(c1cc(Br)cc(C(=O)NCc2c(C)cc(C)[nH]c2=O)c1C)C1CCC(N(C)C)CC1.COCc1ccc(B2OC(C)(C)C(C)(C)O2)cn1. The maximum Gasteiger partial charge on any atom is 0.496 e. The number of benzene rings is 2. The number of aromatic amines is 2. The number of anilines is 2. The minimum Gasteiger partial charge on any atom is -0.399 e. The van der Waals surface area contributed by atoms with Gasteiger partial charge in [-0.1, -0.05) is 28.1 Å². The van der Waals surface area contributed by atoms with Crippen LogP contribution in [0.25, 0.3) is 11.1 Å². The molecule has 0 atom stereocenters. The smallest absolute Gasteiger partial charge is 0.399 e. The summed E-state index contributed by atoms with van der Waals surface area (Å²) in [4.78, 5) is 76.0. The Hall–Kier alpha value is -6.52. The highest BCUT2D eigenvalue weighted by atomic mass is 79.9. The standard InChI is InChI=1S/C33H45N5O3.C26H37BrN4O2.C13H20BNO3/c1-8-38(28-13-11-27(12-14-28)37(5)6)31-17-25(24-9-10-26(20-41-7)34-18-24)16-29(23(31)4)32(39)35-19-30-21(2)15-22(3)36-33(30)40;1-7-31(21-10-8-20(9-11-21)30(5)6)24-14-19(27)13-22(18(24)4)25(32)28-15-23-16(2)12-17(3)29-26(23)33;1-12(2)13(3,4)18-14(17-12)10-6-7-11(9-16-5)15-8-10/h9-10,15-18,27-28H,8,11-14,19-20H2,1-7H3,(H,35,39)(H,36,40);12-14,20-21H,7-11,15H2,1-6H3,(H,28,32)(H,29,33);6-8H,9H2,1-5H3. The summed E-state index contributed by atoms with van der Waals surface area (Å²) in [5.41, 5.74) is 13.5. The molecule has 92 heavy (non-hydrogen) atoms. The van der Waals surface area contributed by atoms with Gasteiger partial charge in [-0.15, -0.1) is 0 Å². The van der Waals surface area contributed by atoms with E-state index in [1.807, 2.05) is 124 Å². The third-order valence-electron chi connectivity index (χ3n) is 19.1. The van der Waals surface area contributed by atoms with Crippen LogP contribution in [0, 0.1) is 41.5 Å². The molecule has 1 saturated heterocycles. The molecule has 9 rings (SSSR count). The molecule has 3 aliphatic rings. The Bertz CT molecular complexity index is 3560. The molecular formula is C72H102BBrN10O8. The summed E-state index contributed by atoms with van der Waals surface area (Å²) in [6.07, 6.45) is 12.9. The number of aryl methyl sites for hydroxylation is 4. The predicted octanol–water partition coefficient (Wildman–Crippen LogP) is 11.4. The van der Waals surface area contributed by atoms with Crippen LogP contribution in [0.15, 0.2) is 87.1 Å². The molecule has 1 aliphatic heterocycles. The van der Waals surface area contributed by atoms with Crippen LogP contribution in [0.4, 0.5) is 11.4 Å². The minimum absolute atomic E-state index is 0.148. The highest BCUT2D eigenvalue weighted by Gasteiger charge is 2.52. The summed E-state index contributed by atoms with van der Waals surface area (Å²) in [5, 5.41) is 5.99. The van der Waals surface area contributed by atoms with Gasteiger partial charge in [0.25, 0.3) is 22.9 Å². The summed E-state index contributed by atoms with van der Waals surface area (Å²) in [6, 6.07) is 22.1. The average Bonchev–Trinajstić information content (AvgIpc) is 1.44. The van der Waals surface area contributed by atoms with Crippen molar-refractivity contribution in [2.24, 2.45) is 0 Å². The van der Waals surface area contributed by atoms with Gasteiger partial charge in [0, 0.05) is 137 Å². The lowest BCUT2D eigenvalue weighted by atomic mass is 9.80. The fourth-order valence-corrected chi connectivity index (χ4v) is 13.4. The molecule has 2 amide bonds. The molecule has 4 N–H and O–H groups in total. The number of ether oxygens (including phenoxy) is 2. The fourth-order valence-electron chi connectivity index (χ4n) is 13.0. The van der Waals surface area contributed by atoms with Crippen LogP contribution in [0.5, 0.6) is 0 Å². The molecule has 20 heteroatoms. The Balaban J connectivity index is 0.000000210. The molecule has 2 saturated carbocycles. The summed E-state index contributed by atoms with van der Waals surface area (Å²) < 4.78 is 23.1. The second-order valence-corrected chi connectivity index (χ2v) is 27.4. The highest BCUT2D eigenvalue weighted by molar-refractivity contribution is 9.10. The molecule has 2 aromatic carbocycles. The number of H-pyrrole nitrogens is 2. The molecule has 6 aromatic rings. The number of halogens is 1. The van der Waals surface area contributed by atoms with Gasteiger partial charge in [-0.05, 0) is 239 Å². The summed E-state index contributed by atoms with van der Waals surface area (Å²) in [5.74, 6) is -0.358. The topological polar surface area (TPSA) is 200 Å². The van der Waals surface area contributed by atoms with E-state index < -0.39 is 0 Å². The zero-order valence-electron chi connectivity index (χ0n) is 58.0. The molecule has 3 fully saturated rings. The lowest BCUT2D eigenvalue weighted by Crippen LogP contribution is -2.42. The zero-order valence-corrected chi connectivity index (χ0v) is 59.6. The lowest BCUT2D eigenvalue weighted by molar-refractivity contribution is 0.00578. The monoisotopic (exact) mass is 1320 g/mol. The highest BCUT2D eigenvalue weighted by Crippen LogP contribution is 2.39. The van der Waals surface area contributed by atoms with Gasteiger partial charge in [0.2, 0.25) is 0 Å². The number of hydrogen-bond donors (Lipinski definition) is 4. The second-order valence-electron chi connectivity index (χ2n) is 26.5. The molecule has 0 radical (unpaired) electrons. The summed E-state index contributed by atoms with van der Waals surface area (Å²) in [6.45, 7) is 27.2. The third-order valence-corrected chi connectivity index (χ3v) is 19.6. The maximum atomic E-state index is 13.7. The molecule has 5 heterocycles. The van der Waals surface area contributed by atoms with E-state index in [-0.39, 0.29) is 54.3 Å². The van der Waals surface area contributed by atoms with Gasteiger partial charge < -0.3 is 59.0 Å². The van der Waals surface area contributed by atoms with Crippen molar-refractivity contribution >= 4 is 51.7 Å². The first-order valence-electron chi connectivity index (χ1n) is 32.6. The molecule has 2 aliphatic carbocycles. The van der Waals surface area contributed by atoms with Gasteiger partial charge in [-0.2, -0.15) is 0 Å². The molecule has 4 aromatic heterocycles. The van der Waals surface area contributed by atoms with Crippen molar-refractivity contribution in [3.63, 3.8) is 0 Å². The molecule has 0 spiro atoms. The first kappa shape index (κ1) is 72.9. The summed E-state index contributed by atoms with van der Waals surface area (Å²) >= 11 is 3.62. The fraction of sp³-hybridized carbons (Fsp3) is 0.528. The number of pyridine rings is 4. The number of amides is 2. The van der Waals surface area contributed by atoms with E-state index >= 15 is 0 Å². The van der Waals surface area contributed by atoms with Gasteiger partial charge in [-0.25, -0.2) is 0 Å². The molecule has 0 bridgehead atoms. The van der Waals surface area contributed by atoms with Crippen LogP contribution in [-0.2, 0) is 45.1 Å². The quantitative estimate of drug-likeness (QED) is 0.0526. The van der Waals surface area contributed by atoms with Crippen molar-refractivity contribution in [1.29, 1.82) is 0 Å². The molecule has 498 valence electrons. The van der Waals surface area contributed by atoms with Crippen molar-refractivity contribution in [3.05, 3.63) is 166 Å². The summed E-state index contributed by atoms with van der Waals surface area (Å²) in [7, 11) is 11.6. The molecule has 0 unspecified atom stereocenters. The number of nitrogens with zero attached hydrogens (tertiary/aromatic N) is 6. The van der Waals surface area contributed by atoms with Gasteiger partial charge in [-0.3, -0.25) is 29.1 Å². The Labute approximate surface area is 555 Å². The van der Waals surface area contributed by atoms with Gasteiger partial charge in [0.15, 0.2) is 0 Å². The van der Waals surface area contributed by atoms with Gasteiger partial charge in [0.1, 0.15) is 0 Å². The van der Waals surface area contributed by atoms with Crippen LogP contribution in [0.2, 0.25) is 0 Å². The first-order chi connectivity index (χ1) is 43.6. The minimum atomic E-state index is -0.348. The number of carbonyl (C=O) groups excluding carboxylic acids is 2. The van der Waals surface area contributed by atoms with Crippen LogP contribution < -0.4 is 37.0 Å². The predicted molar refractivity (Wildman–Crippen MR) is 376 cm³/mol. The lowest BCUT2D eigenvalue weighted by Gasteiger charge is -2.40. The molecule has 18 nitrogen and oxygen atoms in total. The van der Waals surface area contributed by atoms with Crippen LogP contribution >= 0.6 is 15.9 Å². The number of nitrogens with one attached hydrogen (secondary N) is 4. The Morgan fingerprint density at radius 3 is 1.38 bits per heavy atom. The normalized spacial score (nSPS) is 18.4. The van der Waals surface area contributed by atoms with Crippen LogP contribution in [0.3, 0.4) is 0 Å². The number of rotatable bonds is 20. The zero-order chi connectivity index (χ0) is 67.4. The van der Waals surface area contributed by atoms with E-state index in [4.69, 9.17) is 18.8 Å². The second kappa shape index (κ2) is 32.6. The first-order valence-corrected chi connectivity index (χ1v) is 33.4. The van der Waals surface area contributed by atoms with Gasteiger partial charge in [0.05, 0.1) is 35.8 Å². The number of aromatic nitrogens is 4. The van der Waals surface area contributed by atoms with E-state index in [0.717, 1.165) is 129 Å². The maximum absolute atomic E-state index is 13.7. The largest absolute Gasteiger partial charge is 0.496 e. The van der Waals surface area contributed by atoms with E-state index in [9.17, 15) is 19.2 Å². The third kappa shape index (κ3) is 18.2.